The van der Waals surface area contributed by atoms with Gasteiger partial charge in [-0.15, -0.1) is 0 Å². The van der Waals surface area contributed by atoms with Crippen molar-refractivity contribution >= 4 is 21.9 Å². The largest absolute Gasteiger partial charge is 0.460 e. The first-order valence-electron chi connectivity index (χ1n) is 14.4. The summed E-state index contributed by atoms with van der Waals surface area (Å²) in [5, 5.41) is -6.99. The Labute approximate surface area is 262 Å². The molecule has 1 aliphatic heterocycles. The fraction of sp³-hybridized carbons (Fsp3) is 0.759. The second kappa shape index (κ2) is 11.8. The summed E-state index contributed by atoms with van der Waals surface area (Å²) in [7, 11) is -7.13. The van der Waals surface area contributed by atoms with Crippen molar-refractivity contribution in [3.63, 3.8) is 0 Å². The molecule has 17 heteroatoms. The van der Waals surface area contributed by atoms with Crippen LogP contribution in [-0.2, 0) is 14.9 Å². The van der Waals surface area contributed by atoms with Gasteiger partial charge in [-0.05, 0) is 68.4 Å². The van der Waals surface area contributed by atoms with Crippen molar-refractivity contribution in [3.05, 3.63) is 23.8 Å². The van der Waals surface area contributed by atoms with E-state index in [4.69, 9.17) is 4.74 Å². The van der Waals surface area contributed by atoms with Crippen molar-refractivity contribution in [3.8, 4) is 5.75 Å². The number of rotatable bonds is 7. The molecule has 2 aliphatic rings. The number of halogens is 9. The highest BCUT2D eigenvalue weighted by atomic mass is 32.2. The van der Waals surface area contributed by atoms with Crippen molar-refractivity contribution in [1.82, 2.24) is 4.90 Å². The SMILES string of the molecule is CC1(C)CC(c2ccc(OS(=O)(=O)C(F)(F)C(F)(F)C(F)(F)C(F)(F)F)cc2N2CCN(C(=O)OC(C)(C)C)CC2)CC(C)(C)C1. The number of carbonyl (C=O) groups is 1. The maximum atomic E-state index is 14.4. The van der Waals surface area contributed by atoms with E-state index in [9.17, 15) is 52.7 Å². The highest BCUT2D eigenvalue weighted by molar-refractivity contribution is 7.88. The molecule has 264 valence electrons. The lowest BCUT2D eigenvalue weighted by Crippen LogP contribution is -2.63. The lowest BCUT2D eigenvalue weighted by Gasteiger charge is -2.46. The van der Waals surface area contributed by atoms with Crippen molar-refractivity contribution in [1.29, 1.82) is 0 Å². The quantitative estimate of drug-likeness (QED) is 0.211. The molecule has 0 unspecified atom stereocenters. The summed E-state index contributed by atoms with van der Waals surface area (Å²) in [6.07, 6.45) is -5.63. The molecule has 1 amide bonds. The molecule has 46 heavy (non-hydrogen) atoms. The first-order valence-corrected chi connectivity index (χ1v) is 15.8. The third kappa shape index (κ3) is 7.59. The van der Waals surface area contributed by atoms with Crippen LogP contribution in [0.25, 0.3) is 0 Å². The molecule has 3 rings (SSSR count). The first kappa shape index (κ1) is 37.9. The summed E-state index contributed by atoms with van der Waals surface area (Å²) in [5.41, 5.74) is -0.228. The van der Waals surface area contributed by atoms with Gasteiger partial charge in [0.25, 0.3) is 0 Å². The lowest BCUT2D eigenvalue weighted by molar-refractivity contribution is -0.382. The Morgan fingerprint density at radius 2 is 1.33 bits per heavy atom. The third-order valence-corrected chi connectivity index (χ3v) is 9.20. The van der Waals surface area contributed by atoms with Crippen molar-refractivity contribution < 1.29 is 61.6 Å². The molecule has 0 atom stereocenters. The molecule has 1 saturated heterocycles. The van der Waals surface area contributed by atoms with Crippen LogP contribution in [0.15, 0.2) is 18.2 Å². The number of nitrogens with zero attached hydrogens (tertiary/aromatic N) is 2. The number of amides is 1. The number of anilines is 1. The monoisotopic (exact) mass is 698 g/mol. The summed E-state index contributed by atoms with van der Waals surface area (Å²) in [6.45, 7) is 13.8. The standard InChI is InChI=1S/C29H39F9N2O5S/c1-23(2,3)44-22(41)40-12-10-39(11-13-40)21-14-19(8-9-20(21)18-15-24(4,5)17-25(6,7)16-18)45-46(42,43)29(37,38)27(32,33)26(30,31)28(34,35)36/h8-9,14,18H,10-13,15-17H2,1-7H3. The smallest absolute Gasteiger partial charge is 0.444 e. The number of hydrogen-bond donors (Lipinski definition) is 0. The Morgan fingerprint density at radius 1 is 0.826 bits per heavy atom. The van der Waals surface area contributed by atoms with Crippen LogP contribution in [0.5, 0.6) is 5.75 Å². The van der Waals surface area contributed by atoms with Crippen LogP contribution in [0.1, 0.15) is 79.2 Å². The number of benzene rings is 1. The van der Waals surface area contributed by atoms with Gasteiger partial charge in [0.05, 0.1) is 0 Å². The molecule has 0 bridgehead atoms. The van der Waals surface area contributed by atoms with Gasteiger partial charge in [-0.1, -0.05) is 33.8 Å². The maximum Gasteiger partial charge on any atom is 0.460 e. The zero-order valence-electron chi connectivity index (χ0n) is 26.5. The molecule has 7 nitrogen and oxygen atoms in total. The van der Waals surface area contributed by atoms with Crippen LogP contribution in [-0.4, -0.2) is 74.5 Å². The molecule has 1 aromatic carbocycles. The Bertz CT molecular complexity index is 1380. The zero-order chi connectivity index (χ0) is 35.5. The molecule has 1 aromatic rings. The van der Waals surface area contributed by atoms with Crippen LogP contribution < -0.4 is 9.08 Å². The topological polar surface area (TPSA) is 76.2 Å². The predicted molar refractivity (Wildman–Crippen MR) is 151 cm³/mol. The van der Waals surface area contributed by atoms with Gasteiger partial charge in [-0.3, -0.25) is 0 Å². The minimum atomic E-state index is -7.42. The van der Waals surface area contributed by atoms with E-state index in [0.717, 1.165) is 18.6 Å². The van der Waals surface area contributed by atoms with Gasteiger partial charge in [0.15, 0.2) is 0 Å². The van der Waals surface area contributed by atoms with Crippen LogP contribution in [0.3, 0.4) is 0 Å². The first-order chi connectivity index (χ1) is 20.4. The highest BCUT2D eigenvalue weighted by Crippen LogP contribution is 2.56. The van der Waals surface area contributed by atoms with Gasteiger partial charge in [-0.2, -0.15) is 47.9 Å². The van der Waals surface area contributed by atoms with Gasteiger partial charge in [0, 0.05) is 37.9 Å². The molecule has 0 spiro atoms. The maximum absolute atomic E-state index is 14.4. The number of hydrogen-bond acceptors (Lipinski definition) is 6. The molecule has 0 aromatic heterocycles. The highest BCUT2D eigenvalue weighted by Gasteiger charge is 2.86. The number of carbonyl (C=O) groups excluding carboxylic acids is 1. The molecule has 2 fully saturated rings. The predicted octanol–water partition coefficient (Wildman–Crippen LogP) is 8.20. The average molecular weight is 699 g/mol. The summed E-state index contributed by atoms with van der Waals surface area (Å²) in [4.78, 5) is 15.7. The second-order valence-electron chi connectivity index (χ2n) is 14.5. The van der Waals surface area contributed by atoms with Gasteiger partial charge in [-0.25, -0.2) is 4.79 Å². The van der Waals surface area contributed by atoms with Crippen LogP contribution in [0.2, 0.25) is 0 Å². The minimum Gasteiger partial charge on any atom is -0.444 e. The number of piperazine rings is 1. The molecule has 0 radical (unpaired) electrons. The molecule has 1 heterocycles. The summed E-state index contributed by atoms with van der Waals surface area (Å²) in [5.74, 6) is -16.0. The van der Waals surface area contributed by atoms with E-state index < -0.39 is 50.8 Å². The van der Waals surface area contributed by atoms with Crippen LogP contribution in [0.4, 0.5) is 50.0 Å². The number of ether oxygens (including phenoxy) is 1. The average Bonchev–Trinajstić information content (AvgIpc) is 2.84. The number of alkyl halides is 9. The zero-order valence-corrected chi connectivity index (χ0v) is 27.3. The summed E-state index contributed by atoms with van der Waals surface area (Å²) >= 11 is 0. The van der Waals surface area contributed by atoms with Gasteiger partial charge in [0.1, 0.15) is 11.4 Å². The van der Waals surface area contributed by atoms with E-state index in [1.54, 1.807) is 25.7 Å². The summed E-state index contributed by atoms with van der Waals surface area (Å²) in [6, 6.07) is 3.14. The Morgan fingerprint density at radius 3 is 1.78 bits per heavy atom. The molecular weight excluding hydrogens is 659 g/mol. The van der Waals surface area contributed by atoms with Gasteiger partial charge in [0.2, 0.25) is 0 Å². The van der Waals surface area contributed by atoms with Crippen LogP contribution in [0, 0.1) is 10.8 Å². The Balaban J connectivity index is 2.02. The Hall–Kier alpha value is -2.59. The van der Waals surface area contributed by atoms with E-state index in [1.807, 2.05) is 0 Å². The molecule has 1 saturated carbocycles. The fourth-order valence-electron chi connectivity index (χ4n) is 6.41. The van der Waals surface area contributed by atoms with E-state index in [-0.39, 0.29) is 48.6 Å². The van der Waals surface area contributed by atoms with E-state index in [1.165, 1.54) is 11.0 Å². The van der Waals surface area contributed by atoms with Crippen molar-refractivity contribution in [2.24, 2.45) is 10.8 Å². The molecule has 0 N–H and O–H groups in total. The third-order valence-electron chi connectivity index (χ3n) is 7.90. The van der Waals surface area contributed by atoms with Crippen molar-refractivity contribution in [2.45, 2.75) is 103 Å². The van der Waals surface area contributed by atoms with Gasteiger partial charge < -0.3 is 18.7 Å². The van der Waals surface area contributed by atoms with E-state index in [2.05, 4.69) is 31.9 Å². The summed E-state index contributed by atoms with van der Waals surface area (Å²) < 4.78 is 156. The normalized spacial score (nSPS) is 20.4. The fourth-order valence-corrected chi connectivity index (χ4v) is 7.32. The second-order valence-corrected chi connectivity index (χ2v) is 16.1. The van der Waals surface area contributed by atoms with Gasteiger partial charge >= 0.3 is 39.5 Å². The Kier molecular flexibility index (Phi) is 9.74. The van der Waals surface area contributed by atoms with E-state index in [0.29, 0.717) is 18.4 Å². The minimum absolute atomic E-state index is 0.121. The van der Waals surface area contributed by atoms with E-state index >= 15 is 0 Å². The lowest BCUT2D eigenvalue weighted by atomic mass is 9.60. The van der Waals surface area contributed by atoms with Crippen LogP contribution >= 0.6 is 0 Å². The molecular formula is C29H39F9N2O5S. The van der Waals surface area contributed by atoms with Crippen molar-refractivity contribution in [2.75, 3.05) is 31.1 Å². The molecule has 1 aliphatic carbocycles.